The number of aromatic amines is 1. The van der Waals surface area contributed by atoms with Crippen LogP contribution in [0, 0.1) is 6.92 Å². The third-order valence-corrected chi connectivity index (χ3v) is 6.75. The summed E-state index contributed by atoms with van der Waals surface area (Å²) in [6.07, 6.45) is 4.37. The minimum atomic E-state index is -0.437. The van der Waals surface area contributed by atoms with E-state index in [1.54, 1.807) is 12.1 Å². The second kappa shape index (κ2) is 9.41. The molecule has 35 heavy (non-hydrogen) atoms. The lowest BCUT2D eigenvalue weighted by Gasteiger charge is -2.29. The van der Waals surface area contributed by atoms with Gasteiger partial charge in [0, 0.05) is 18.8 Å². The van der Waals surface area contributed by atoms with E-state index in [0.717, 1.165) is 31.2 Å². The summed E-state index contributed by atoms with van der Waals surface area (Å²) in [5, 5.41) is 3.23. The van der Waals surface area contributed by atoms with Crippen molar-refractivity contribution in [1.29, 1.82) is 0 Å². The van der Waals surface area contributed by atoms with Gasteiger partial charge in [-0.1, -0.05) is 49.2 Å². The van der Waals surface area contributed by atoms with Crippen LogP contribution in [0.3, 0.4) is 0 Å². The molecule has 1 N–H and O–H groups in total. The van der Waals surface area contributed by atoms with Gasteiger partial charge < -0.3 is 4.90 Å². The lowest BCUT2D eigenvalue weighted by molar-refractivity contribution is -0.120. The van der Waals surface area contributed by atoms with Gasteiger partial charge >= 0.3 is 0 Å². The van der Waals surface area contributed by atoms with Crippen molar-refractivity contribution < 1.29 is 9.59 Å². The van der Waals surface area contributed by atoms with Crippen LogP contribution in [0.25, 0.3) is 11.3 Å². The molecule has 2 aliphatic heterocycles. The molecule has 3 aromatic rings. The van der Waals surface area contributed by atoms with Crippen molar-refractivity contribution in [3.8, 4) is 5.69 Å². The number of para-hydroxylation sites is 1. The molecule has 7 nitrogen and oxygen atoms in total. The maximum Gasteiger partial charge on any atom is 0.282 e. The van der Waals surface area contributed by atoms with Crippen molar-refractivity contribution in [2.45, 2.75) is 46.0 Å². The van der Waals surface area contributed by atoms with Crippen LogP contribution in [0.4, 0.5) is 5.69 Å². The van der Waals surface area contributed by atoms with E-state index in [-0.39, 0.29) is 17.0 Å². The molecule has 7 heteroatoms. The number of carbonyl (C=O) groups is 2. The van der Waals surface area contributed by atoms with Gasteiger partial charge in [-0.3, -0.25) is 19.5 Å². The standard InChI is InChI=1S/C28H30N4O3/c1-3-10-22-23(27(34)32(29-22)21-11-6-4-7-12-21)24-25(30-17-8-5-9-18-30)28(35)31(26(24)33)20-15-13-19(2)14-16-20/h4,6-7,11-16,29H,3,5,8-10,17-18H2,1-2H3. The van der Waals surface area contributed by atoms with E-state index < -0.39 is 5.91 Å². The Bertz CT molecular complexity index is 1340. The molecule has 5 rings (SSSR count). The number of H-pyrrole nitrogens is 1. The number of piperidine rings is 1. The highest BCUT2D eigenvalue weighted by Gasteiger charge is 2.44. The van der Waals surface area contributed by atoms with Gasteiger partial charge in [-0.15, -0.1) is 0 Å². The van der Waals surface area contributed by atoms with E-state index >= 15 is 0 Å². The highest BCUT2D eigenvalue weighted by atomic mass is 16.2. The Morgan fingerprint density at radius 1 is 0.829 bits per heavy atom. The van der Waals surface area contributed by atoms with Crippen LogP contribution in [0.2, 0.25) is 0 Å². The molecule has 0 atom stereocenters. The van der Waals surface area contributed by atoms with Gasteiger partial charge in [0.05, 0.1) is 22.5 Å². The lowest BCUT2D eigenvalue weighted by Crippen LogP contribution is -2.37. The predicted molar refractivity (Wildman–Crippen MR) is 136 cm³/mol. The van der Waals surface area contributed by atoms with Crippen molar-refractivity contribution in [2.24, 2.45) is 0 Å². The number of aromatic nitrogens is 2. The molecule has 0 unspecified atom stereocenters. The summed E-state index contributed by atoms with van der Waals surface area (Å²) < 4.78 is 1.48. The van der Waals surface area contributed by atoms with E-state index in [1.807, 2.05) is 61.2 Å². The van der Waals surface area contributed by atoms with E-state index in [0.29, 0.717) is 47.8 Å². The smallest absolute Gasteiger partial charge is 0.282 e. The Hall–Kier alpha value is -3.87. The maximum atomic E-state index is 14.0. The maximum absolute atomic E-state index is 14.0. The van der Waals surface area contributed by atoms with Gasteiger partial charge in [0.1, 0.15) is 5.70 Å². The highest BCUT2D eigenvalue weighted by Crippen LogP contribution is 2.36. The van der Waals surface area contributed by atoms with Gasteiger partial charge in [0.2, 0.25) is 0 Å². The second-order valence-corrected chi connectivity index (χ2v) is 9.24. The van der Waals surface area contributed by atoms with Gasteiger partial charge in [-0.25, -0.2) is 9.58 Å². The number of hydrogen-bond donors (Lipinski definition) is 1. The van der Waals surface area contributed by atoms with Crippen LogP contribution in [-0.2, 0) is 16.0 Å². The normalized spacial score (nSPS) is 16.5. The van der Waals surface area contributed by atoms with Gasteiger partial charge in [-0.2, -0.15) is 0 Å². The number of nitrogens with one attached hydrogen (secondary N) is 1. The Morgan fingerprint density at radius 3 is 2.17 bits per heavy atom. The van der Waals surface area contributed by atoms with Crippen LogP contribution in [-0.4, -0.2) is 39.6 Å². The fraction of sp³-hybridized carbons (Fsp3) is 0.321. The third kappa shape index (κ3) is 4.01. The molecule has 0 aliphatic carbocycles. The van der Waals surface area contributed by atoms with Gasteiger partial charge in [0.15, 0.2) is 0 Å². The van der Waals surface area contributed by atoms with Gasteiger partial charge in [-0.05, 0) is 56.9 Å². The summed E-state index contributed by atoms with van der Waals surface area (Å²) in [5.74, 6) is -0.793. The number of anilines is 1. The molecule has 2 aromatic carbocycles. The van der Waals surface area contributed by atoms with Crippen molar-refractivity contribution in [1.82, 2.24) is 14.7 Å². The summed E-state index contributed by atoms with van der Waals surface area (Å²) in [7, 11) is 0. The molecular weight excluding hydrogens is 440 g/mol. The van der Waals surface area contributed by atoms with E-state index in [4.69, 9.17) is 0 Å². The fourth-order valence-electron chi connectivity index (χ4n) is 5.01. The number of aryl methyl sites for hydroxylation is 2. The number of rotatable bonds is 6. The first-order valence-electron chi connectivity index (χ1n) is 12.4. The highest BCUT2D eigenvalue weighted by molar-refractivity contribution is 6.45. The minimum absolute atomic E-state index is 0.219. The Balaban J connectivity index is 1.72. The molecule has 0 saturated carbocycles. The third-order valence-electron chi connectivity index (χ3n) is 6.75. The number of hydrogen-bond acceptors (Lipinski definition) is 4. The van der Waals surface area contributed by atoms with Crippen LogP contribution in [0.5, 0.6) is 0 Å². The number of amides is 2. The van der Waals surface area contributed by atoms with Crippen LogP contribution >= 0.6 is 0 Å². The van der Waals surface area contributed by atoms with E-state index in [1.165, 1.54) is 9.58 Å². The van der Waals surface area contributed by atoms with Crippen LogP contribution in [0.15, 0.2) is 65.1 Å². The number of nitrogens with zero attached hydrogens (tertiary/aromatic N) is 3. The zero-order valence-electron chi connectivity index (χ0n) is 20.2. The van der Waals surface area contributed by atoms with E-state index in [2.05, 4.69) is 5.10 Å². The molecule has 1 saturated heterocycles. The Labute approximate surface area is 204 Å². The zero-order chi connectivity index (χ0) is 24.5. The van der Waals surface area contributed by atoms with Crippen LogP contribution < -0.4 is 10.5 Å². The average molecular weight is 471 g/mol. The topological polar surface area (TPSA) is 78.4 Å². The molecule has 0 bridgehead atoms. The monoisotopic (exact) mass is 470 g/mol. The quantitative estimate of drug-likeness (QED) is 0.548. The summed E-state index contributed by atoms with van der Waals surface area (Å²) >= 11 is 0. The number of benzene rings is 2. The summed E-state index contributed by atoms with van der Waals surface area (Å²) in [6, 6.07) is 16.6. The first-order valence-corrected chi connectivity index (χ1v) is 12.4. The molecule has 2 amide bonds. The Kier molecular flexibility index (Phi) is 6.16. The van der Waals surface area contributed by atoms with Crippen LogP contribution in [0.1, 0.15) is 49.4 Å². The minimum Gasteiger partial charge on any atom is -0.366 e. The molecule has 0 spiro atoms. The number of likely N-dealkylation sites (tertiary alicyclic amines) is 1. The second-order valence-electron chi connectivity index (χ2n) is 9.24. The number of imide groups is 1. The van der Waals surface area contributed by atoms with Crippen molar-refractivity contribution in [3.05, 3.63) is 87.5 Å². The molecule has 180 valence electrons. The zero-order valence-corrected chi connectivity index (χ0v) is 20.2. The van der Waals surface area contributed by atoms with Crippen molar-refractivity contribution >= 4 is 23.1 Å². The largest absolute Gasteiger partial charge is 0.366 e. The molecule has 3 heterocycles. The first kappa shape index (κ1) is 22.9. The molecular formula is C28H30N4O3. The summed E-state index contributed by atoms with van der Waals surface area (Å²) in [4.78, 5) is 44.8. The summed E-state index contributed by atoms with van der Waals surface area (Å²) in [5.41, 5.74) is 3.50. The molecule has 0 radical (unpaired) electrons. The fourth-order valence-corrected chi connectivity index (χ4v) is 5.01. The van der Waals surface area contributed by atoms with E-state index in [9.17, 15) is 14.4 Å². The number of carbonyl (C=O) groups excluding carboxylic acids is 2. The first-order chi connectivity index (χ1) is 17.0. The molecule has 2 aliphatic rings. The molecule has 1 aromatic heterocycles. The SMILES string of the molecule is CCCc1[nH]n(-c2ccccc2)c(=O)c1C1=C(N2CCCCC2)C(=O)N(c2ccc(C)cc2)C1=O. The van der Waals surface area contributed by atoms with Crippen molar-refractivity contribution in [2.75, 3.05) is 18.0 Å². The predicted octanol–water partition coefficient (Wildman–Crippen LogP) is 4.20. The Morgan fingerprint density at radius 2 is 1.51 bits per heavy atom. The summed E-state index contributed by atoms with van der Waals surface area (Å²) in [6.45, 7) is 5.38. The molecule has 1 fully saturated rings. The van der Waals surface area contributed by atoms with Gasteiger partial charge in [0.25, 0.3) is 17.4 Å². The lowest BCUT2D eigenvalue weighted by atomic mass is 10.0. The average Bonchev–Trinajstić information content (AvgIpc) is 3.33. The van der Waals surface area contributed by atoms with Crippen molar-refractivity contribution in [3.63, 3.8) is 0 Å².